The van der Waals surface area contributed by atoms with E-state index in [9.17, 15) is 9.59 Å². The van der Waals surface area contributed by atoms with Crippen molar-refractivity contribution in [1.82, 2.24) is 19.7 Å². The van der Waals surface area contributed by atoms with E-state index in [1.807, 2.05) is 60.4 Å². The Labute approximate surface area is 251 Å². The number of hydrogen-bond donors (Lipinski definition) is 1. The molecule has 9 nitrogen and oxygen atoms in total. The molecule has 0 saturated carbocycles. The number of piperidine rings is 1. The second kappa shape index (κ2) is 12.3. The van der Waals surface area contributed by atoms with E-state index in [-0.39, 0.29) is 11.8 Å². The van der Waals surface area contributed by atoms with E-state index in [0.717, 1.165) is 60.4 Å². The highest BCUT2D eigenvalue weighted by atomic mass is 32.2. The van der Waals surface area contributed by atoms with Gasteiger partial charge >= 0.3 is 0 Å². The maximum Gasteiger partial charge on any atom is 0.259 e. The van der Waals surface area contributed by atoms with Crippen LogP contribution in [-0.2, 0) is 0 Å². The Kier molecular flexibility index (Phi) is 8.37. The molecule has 0 radical (unpaired) electrons. The summed E-state index contributed by atoms with van der Waals surface area (Å²) >= 11 is 1.55. The molecule has 1 N–H and O–H groups in total. The number of hydrogen-bond acceptors (Lipinski definition) is 8. The van der Waals surface area contributed by atoms with Gasteiger partial charge in [0.25, 0.3) is 11.8 Å². The number of nitrogens with zero attached hydrogens (tertiary/aromatic N) is 5. The number of pyridine rings is 1. The Hall–Kier alpha value is -3.60. The molecule has 4 heterocycles. The average Bonchev–Trinajstić information content (AvgIpc) is 3.12. The van der Waals surface area contributed by atoms with Crippen molar-refractivity contribution < 1.29 is 14.3 Å². The molecule has 1 aromatic heterocycles. The molecule has 42 heavy (non-hydrogen) atoms. The zero-order valence-corrected chi connectivity index (χ0v) is 25.3. The lowest BCUT2D eigenvalue weighted by Gasteiger charge is -2.42. The van der Waals surface area contributed by atoms with E-state index in [2.05, 4.69) is 27.1 Å². The molecule has 6 rings (SSSR count). The van der Waals surface area contributed by atoms with Crippen LogP contribution < -0.4 is 15.0 Å². The minimum Gasteiger partial charge on any atom is -0.492 e. The summed E-state index contributed by atoms with van der Waals surface area (Å²) in [6.07, 6.45) is 4.13. The van der Waals surface area contributed by atoms with Crippen LogP contribution >= 0.6 is 11.8 Å². The lowest BCUT2D eigenvalue weighted by molar-refractivity contribution is 0.0475. The van der Waals surface area contributed by atoms with Gasteiger partial charge in [-0.05, 0) is 76.3 Å². The molecule has 3 aromatic rings. The van der Waals surface area contributed by atoms with Crippen molar-refractivity contribution in [2.75, 3.05) is 70.2 Å². The molecule has 3 aliphatic rings. The van der Waals surface area contributed by atoms with Crippen molar-refractivity contribution in [3.05, 3.63) is 65.9 Å². The SMILES string of the molecule is CCOc1cc(C(=O)N2CCN(C3CCN(C)CC3)CC2)ccc1Nc1cc2c(cn1)N(C)C(=O)c1ccccc1S2. The third-order valence-electron chi connectivity index (χ3n) is 8.45. The Morgan fingerprint density at radius 3 is 2.52 bits per heavy atom. The molecule has 0 spiro atoms. The third-order valence-corrected chi connectivity index (χ3v) is 9.57. The number of piperazine rings is 1. The number of fused-ring (bicyclic) bond motifs is 2. The molecule has 0 aliphatic carbocycles. The van der Waals surface area contributed by atoms with E-state index >= 15 is 0 Å². The fourth-order valence-electron chi connectivity index (χ4n) is 5.98. The van der Waals surface area contributed by atoms with E-state index in [0.29, 0.717) is 35.3 Å². The van der Waals surface area contributed by atoms with Crippen molar-refractivity contribution in [2.24, 2.45) is 0 Å². The van der Waals surface area contributed by atoms with E-state index in [1.165, 1.54) is 12.8 Å². The molecule has 2 amide bonds. The number of benzene rings is 2. The van der Waals surface area contributed by atoms with Crippen molar-refractivity contribution in [3.63, 3.8) is 0 Å². The fourth-order valence-corrected chi connectivity index (χ4v) is 7.09. The number of rotatable bonds is 6. The van der Waals surface area contributed by atoms with Crippen LogP contribution in [0.4, 0.5) is 17.2 Å². The second-order valence-electron chi connectivity index (χ2n) is 11.1. The van der Waals surface area contributed by atoms with Crippen LogP contribution in [0.5, 0.6) is 5.75 Å². The highest BCUT2D eigenvalue weighted by Crippen LogP contribution is 2.42. The van der Waals surface area contributed by atoms with Gasteiger partial charge in [-0.1, -0.05) is 23.9 Å². The zero-order valence-electron chi connectivity index (χ0n) is 24.5. The third kappa shape index (κ3) is 5.84. The molecule has 3 aliphatic heterocycles. The smallest absolute Gasteiger partial charge is 0.259 e. The minimum atomic E-state index is -0.0542. The number of carbonyl (C=O) groups excluding carboxylic acids is 2. The molecule has 2 saturated heterocycles. The first-order valence-corrected chi connectivity index (χ1v) is 15.5. The maximum absolute atomic E-state index is 13.5. The van der Waals surface area contributed by atoms with Crippen molar-refractivity contribution in [3.8, 4) is 5.75 Å². The molecule has 0 atom stereocenters. The maximum atomic E-state index is 13.5. The number of likely N-dealkylation sites (tertiary alicyclic amines) is 1. The van der Waals surface area contributed by atoms with Crippen LogP contribution in [-0.4, -0.2) is 97.5 Å². The van der Waals surface area contributed by atoms with Gasteiger partial charge in [0.1, 0.15) is 11.6 Å². The summed E-state index contributed by atoms with van der Waals surface area (Å²) in [7, 11) is 3.96. The Balaban J connectivity index is 1.16. The number of aromatic nitrogens is 1. The van der Waals surface area contributed by atoms with Gasteiger partial charge < -0.3 is 24.8 Å². The summed E-state index contributed by atoms with van der Waals surface area (Å²) in [5.41, 5.74) is 2.79. The second-order valence-corrected chi connectivity index (χ2v) is 12.2. The van der Waals surface area contributed by atoms with Gasteiger partial charge in [0, 0.05) is 54.6 Å². The Morgan fingerprint density at radius 2 is 1.76 bits per heavy atom. The standard InChI is InChI=1S/C32H38N6O3S/c1-4-41-27-19-22(31(39)38-17-15-37(16-18-38)23-11-13-35(2)14-12-23)9-10-25(27)34-30-20-29-26(21-33-30)36(3)32(40)24-7-5-6-8-28(24)42-29/h5-10,19-21,23H,4,11-18H2,1-3H3,(H,33,34). The predicted octanol–water partition coefficient (Wildman–Crippen LogP) is 4.82. The number of nitrogens with one attached hydrogen (secondary N) is 1. The van der Waals surface area contributed by atoms with Crippen molar-refractivity contribution >= 4 is 40.8 Å². The number of anilines is 3. The van der Waals surface area contributed by atoms with Crippen LogP contribution in [0.15, 0.2) is 64.5 Å². The minimum absolute atomic E-state index is 0.0384. The van der Waals surface area contributed by atoms with Gasteiger partial charge in [0.15, 0.2) is 0 Å². The van der Waals surface area contributed by atoms with Gasteiger partial charge in [-0.15, -0.1) is 0 Å². The molecule has 2 fully saturated rings. The van der Waals surface area contributed by atoms with Crippen LogP contribution in [0, 0.1) is 0 Å². The molecular weight excluding hydrogens is 548 g/mol. The summed E-state index contributed by atoms with van der Waals surface area (Å²) in [5.74, 6) is 1.22. The normalized spacial score (nSPS) is 18.3. The van der Waals surface area contributed by atoms with Gasteiger partial charge in [-0.2, -0.15) is 0 Å². The first-order chi connectivity index (χ1) is 20.4. The molecule has 0 bridgehead atoms. The monoisotopic (exact) mass is 586 g/mol. The van der Waals surface area contributed by atoms with Gasteiger partial charge in [0.2, 0.25) is 0 Å². The summed E-state index contributed by atoms with van der Waals surface area (Å²) in [4.78, 5) is 41.5. The van der Waals surface area contributed by atoms with Crippen molar-refractivity contribution in [1.29, 1.82) is 0 Å². The average molecular weight is 587 g/mol. The van der Waals surface area contributed by atoms with Crippen LogP contribution in [0.25, 0.3) is 0 Å². The van der Waals surface area contributed by atoms with E-state index in [4.69, 9.17) is 4.74 Å². The van der Waals surface area contributed by atoms with E-state index in [1.54, 1.807) is 29.9 Å². The summed E-state index contributed by atoms with van der Waals surface area (Å²) in [6, 6.07) is 15.8. The molecule has 0 unspecified atom stereocenters. The highest BCUT2D eigenvalue weighted by molar-refractivity contribution is 7.99. The Morgan fingerprint density at radius 1 is 1.00 bits per heavy atom. The first-order valence-electron chi connectivity index (χ1n) is 14.7. The van der Waals surface area contributed by atoms with Gasteiger partial charge in [-0.3, -0.25) is 14.5 Å². The quantitative estimate of drug-likeness (QED) is 0.441. The molecule has 2 aromatic carbocycles. The molecule has 10 heteroatoms. The highest BCUT2D eigenvalue weighted by Gasteiger charge is 2.29. The fraction of sp³-hybridized carbons (Fsp3) is 0.406. The molecule has 220 valence electrons. The largest absolute Gasteiger partial charge is 0.492 e. The van der Waals surface area contributed by atoms with Crippen molar-refractivity contribution in [2.45, 2.75) is 35.6 Å². The Bertz CT molecular complexity index is 1470. The first kappa shape index (κ1) is 28.5. The summed E-state index contributed by atoms with van der Waals surface area (Å²) < 4.78 is 5.97. The van der Waals surface area contributed by atoms with Crippen LogP contribution in [0.3, 0.4) is 0 Å². The summed E-state index contributed by atoms with van der Waals surface area (Å²) in [5, 5.41) is 3.38. The van der Waals surface area contributed by atoms with Gasteiger partial charge in [0.05, 0.1) is 29.7 Å². The molecular formula is C32H38N6O3S. The summed E-state index contributed by atoms with van der Waals surface area (Å²) in [6.45, 7) is 8.03. The number of amides is 2. The number of carbonyl (C=O) groups is 2. The lowest BCUT2D eigenvalue weighted by Crippen LogP contribution is -2.54. The predicted molar refractivity (Wildman–Crippen MR) is 166 cm³/mol. The lowest BCUT2D eigenvalue weighted by atomic mass is 10.0. The van der Waals surface area contributed by atoms with Gasteiger partial charge in [-0.25, -0.2) is 4.98 Å². The van der Waals surface area contributed by atoms with E-state index < -0.39 is 0 Å². The van der Waals surface area contributed by atoms with Crippen LogP contribution in [0.1, 0.15) is 40.5 Å². The zero-order chi connectivity index (χ0) is 29.2. The van der Waals surface area contributed by atoms with Crippen LogP contribution in [0.2, 0.25) is 0 Å². The number of ether oxygens (including phenoxy) is 1. The topological polar surface area (TPSA) is 81.2 Å².